The van der Waals surface area contributed by atoms with Crippen molar-refractivity contribution in [3.05, 3.63) is 60.0 Å². The SMILES string of the molecule is C[C@@H](CNc1cc(C2CNC(=O)NC2=O)nn2ccnc12)c1ccccc1. The molecule has 0 spiro atoms. The van der Waals surface area contributed by atoms with E-state index >= 15 is 0 Å². The first-order valence-corrected chi connectivity index (χ1v) is 8.83. The molecule has 3 aromatic rings. The Hall–Kier alpha value is -3.42. The van der Waals surface area contributed by atoms with E-state index < -0.39 is 11.9 Å². The maximum absolute atomic E-state index is 12.2. The Kier molecular flexibility index (Phi) is 4.45. The van der Waals surface area contributed by atoms with Gasteiger partial charge < -0.3 is 10.6 Å². The average molecular weight is 364 g/mol. The van der Waals surface area contributed by atoms with Crippen LogP contribution in [-0.4, -0.2) is 39.6 Å². The fourth-order valence-electron chi connectivity index (χ4n) is 3.17. The molecule has 1 unspecified atom stereocenters. The minimum atomic E-state index is -0.540. The van der Waals surface area contributed by atoms with Crippen LogP contribution >= 0.6 is 0 Å². The predicted molar refractivity (Wildman–Crippen MR) is 101 cm³/mol. The van der Waals surface area contributed by atoms with E-state index in [1.54, 1.807) is 16.9 Å². The maximum atomic E-state index is 12.2. The molecule has 0 aliphatic carbocycles. The van der Waals surface area contributed by atoms with Crippen LogP contribution in [0.15, 0.2) is 48.8 Å². The number of hydrogen-bond acceptors (Lipinski definition) is 5. The molecular formula is C19H20N6O2. The van der Waals surface area contributed by atoms with Crippen molar-refractivity contribution in [3.63, 3.8) is 0 Å². The van der Waals surface area contributed by atoms with E-state index in [9.17, 15) is 9.59 Å². The number of rotatable bonds is 5. The zero-order valence-electron chi connectivity index (χ0n) is 14.8. The van der Waals surface area contributed by atoms with Gasteiger partial charge in [0.2, 0.25) is 5.91 Å². The highest BCUT2D eigenvalue weighted by Crippen LogP contribution is 2.23. The molecule has 1 aliphatic heterocycles. The normalized spacial score (nSPS) is 18.0. The van der Waals surface area contributed by atoms with Gasteiger partial charge in [0.25, 0.3) is 0 Å². The van der Waals surface area contributed by atoms with E-state index in [-0.39, 0.29) is 12.5 Å². The minimum Gasteiger partial charge on any atom is -0.381 e. The summed E-state index contributed by atoms with van der Waals surface area (Å²) in [5.74, 6) is -0.592. The monoisotopic (exact) mass is 364 g/mol. The van der Waals surface area contributed by atoms with E-state index in [4.69, 9.17) is 0 Å². The molecule has 3 heterocycles. The molecular weight excluding hydrogens is 344 g/mol. The van der Waals surface area contributed by atoms with Gasteiger partial charge in [0, 0.05) is 25.5 Å². The van der Waals surface area contributed by atoms with E-state index in [0.29, 0.717) is 23.8 Å². The summed E-state index contributed by atoms with van der Waals surface area (Å²) in [5.41, 5.74) is 3.32. The molecule has 138 valence electrons. The number of hydrogen-bond donors (Lipinski definition) is 3. The van der Waals surface area contributed by atoms with Crippen LogP contribution in [0.1, 0.15) is 30.0 Å². The number of aromatic nitrogens is 3. The molecule has 1 fully saturated rings. The smallest absolute Gasteiger partial charge is 0.321 e. The van der Waals surface area contributed by atoms with Crippen LogP contribution in [0.25, 0.3) is 5.65 Å². The van der Waals surface area contributed by atoms with Gasteiger partial charge in [-0.15, -0.1) is 0 Å². The lowest BCUT2D eigenvalue weighted by Gasteiger charge is -2.22. The van der Waals surface area contributed by atoms with Gasteiger partial charge in [0.1, 0.15) is 0 Å². The highest BCUT2D eigenvalue weighted by atomic mass is 16.2. The molecule has 3 N–H and O–H groups in total. The molecule has 8 nitrogen and oxygen atoms in total. The average Bonchev–Trinajstić information content (AvgIpc) is 3.15. The van der Waals surface area contributed by atoms with Crippen LogP contribution in [0, 0.1) is 0 Å². The third kappa shape index (κ3) is 3.46. The molecule has 1 aliphatic rings. The molecule has 8 heteroatoms. The van der Waals surface area contributed by atoms with Crippen molar-refractivity contribution in [2.24, 2.45) is 0 Å². The van der Waals surface area contributed by atoms with Crippen LogP contribution in [0.3, 0.4) is 0 Å². The molecule has 0 radical (unpaired) electrons. The number of urea groups is 1. The lowest BCUT2D eigenvalue weighted by molar-refractivity contribution is -0.122. The third-order valence-electron chi connectivity index (χ3n) is 4.72. The highest BCUT2D eigenvalue weighted by molar-refractivity contribution is 6.00. The number of nitrogens with one attached hydrogen (secondary N) is 3. The zero-order valence-corrected chi connectivity index (χ0v) is 14.8. The number of nitrogens with zero attached hydrogens (tertiary/aromatic N) is 3. The summed E-state index contributed by atoms with van der Waals surface area (Å²) in [7, 11) is 0. The van der Waals surface area contributed by atoms with E-state index in [0.717, 1.165) is 5.69 Å². The van der Waals surface area contributed by atoms with E-state index in [1.165, 1.54) is 5.56 Å². The first-order chi connectivity index (χ1) is 13.1. The van der Waals surface area contributed by atoms with Crippen LogP contribution in [0.5, 0.6) is 0 Å². The molecule has 3 amide bonds. The Labute approximate surface area is 156 Å². The van der Waals surface area contributed by atoms with Crippen molar-refractivity contribution in [1.82, 2.24) is 25.2 Å². The van der Waals surface area contributed by atoms with Gasteiger partial charge in [0.15, 0.2) is 5.65 Å². The summed E-state index contributed by atoms with van der Waals surface area (Å²) in [6.45, 7) is 3.08. The molecule has 0 bridgehead atoms. The maximum Gasteiger partial charge on any atom is 0.321 e. The van der Waals surface area contributed by atoms with Gasteiger partial charge in [-0.1, -0.05) is 37.3 Å². The van der Waals surface area contributed by atoms with Crippen molar-refractivity contribution in [1.29, 1.82) is 0 Å². The van der Waals surface area contributed by atoms with Gasteiger partial charge in [-0.3, -0.25) is 10.1 Å². The topological polar surface area (TPSA) is 100 Å². The van der Waals surface area contributed by atoms with Crippen LogP contribution in [0.2, 0.25) is 0 Å². The van der Waals surface area contributed by atoms with Crippen molar-refractivity contribution in [3.8, 4) is 0 Å². The van der Waals surface area contributed by atoms with Crippen LogP contribution < -0.4 is 16.0 Å². The van der Waals surface area contributed by atoms with Gasteiger partial charge in [-0.2, -0.15) is 5.10 Å². The summed E-state index contributed by atoms with van der Waals surface area (Å²) in [6.07, 6.45) is 3.41. The number of imide groups is 1. The first kappa shape index (κ1) is 17.0. The van der Waals surface area contributed by atoms with Crippen molar-refractivity contribution >= 4 is 23.3 Å². The molecule has 2 aromatic heterocycles. The molecule has 2 atom stereocenters. The Morgan fingerprint density at radius 1 is 1.30 bits per heavy atom. The predicted octanol–water partition coefficient (Wildman–Crippen LogP) is 1.87. The van der Waals surface area contributed by atoms with Crippen LogP contribution in [0.4, 0.5) is 10.5 Å². The van der Waals surface area contributed by atoms with Crippen molar-refractivity contribution in [2.75, 3.05) is 18.4 Å². The standard InChI is InChI=1S/C19H20N6O2/c1-12(13-5-3-2-4-6-13)10-21-16-9-15(24-25-8-7-20-17(16)25)14-11-22-19(27)23-18(14)26/h2-9,12,14,21H,10-11H2,1H3,(H2,22,23,26,27)/t12-,14?/m0/s1. The number of amides is 3. The Morgan fingerprint density at radius 2 is 2.11 bits per heavy atom. The summed E-state index contributed by atoms with van der Waals surface area (Å²) in [4.78, 5) is 27.8. The number of carbonyl (C=O) groups is 2. The van der Waals surface area contributed by atoms with E-state index in [2.05, 4.69) is 45.1 Å². The Bertz CT molecular complexity index is 984. The fraction of sp³-hybridized carbons (Fsp3) is 0.263. The first-order valence-electron chi connectivity index (χ1n) is 8.83. The quantitative estimate of drug-likeness (QED) is 0.642. The molecule has 1 saturated heterocycles. The number of carbonyl (C=O) groups excluding carboxylic acids is 2. The summed E-state index contributed by atoms with van der Waals surface area (Å²) >= 11 is 0. The lowest BCUT2D eigenvalue weighted by atomic mass is 10.0. The number of imidazole rings is 1. The van der Waals surface area contributed by atoms with Gasteiger partial charge in [0.05, 0.1) is 17.3 Å². The molecule has 27 heavy (non-hydrogen) atoms. The summed E-state index contributed by atoms with van der Waals surface area (Å²) < 4.78 is 1.65. The Morgan fingerprint density at radius 3 is 2.89 bits per heavy atom. The number of fused-ring (bicyclic) bond motifs is 1. The van der Waals surface area contributed by atoms with Crippen LogP contribution in [-0.2, 0) is 4.79 Å². The van der Waals surface area contributed by atoms with E-state index in [1.807, 2.05) is 24.3 Å². The third-order valence-corrected chi connectivity index (χ3v) is 4.72. The Balaban J connectivity index is 1.59. The van der Waals surface area contributed by atoms with Crippen molar-refractivity contribution < 1.29 is 9.59 Å². The number of benzene rings is 1. The molecule has 0 saturated carbocycles. The minimum absolute atomic E-state index is 0.220. The number of anilines is 1. The summed E-state index contributed by atoms with van der Waals surface area (Å²) in [6, 6.07) is 11.6. The second-order valence-corrected chi connectivity index (χ2v) is 6.62. The highest BCUT2D eigenvalue weighted by Gasteiger charge is 2.29. The zero-order chi connectivity index (χ0) is 18.8. The second kappa shape index (κ2) is 7.06. The van der Waals surface area contributed by atoms with Gasteiger partial charge in [-0.05, 0) is 17.5 Å². The summed E-state index contributed by atoms with van der Waals surface area (Å²) in [5, 5.41) is 12.8. The van der Waals surface area contributed by atoms with Gasteiger partial charge >= 0.3 is 6.03 Å². The fourth-order valence-corrected chi connectivity index (χ4v) is 3.17. The van der Waals surface area contributed by atoms with Gasteiger partial charge in [-0.25, -0.2) is 14.3 Å². The van der Waals surface area contributed by atoms with Crippen molar-refractivity contribution in [2.45, 2.75) is 18.8 Å². The largest absolute Gasteiger partial charge is 0.381 e. The molecule has 4 rings (SSSR count). The lowest BCUT2D eigenvalue weighted by Crippen LogP contribution is -2.51. The molecule has 1 aromatic carbocycles. The second-order valence-electron chi connectivity index (χ2n) is 6.62.